The summed E-state index contributed by atoms with van der Waals surface area (Å²) in [6.45, 7) is 0.229. The van der Waals surface area contributed by atoms with Gasteiger partial charge >= 0.3 is 5.97 Å². The summed E-state index contributed by atoms with van der Waals surface area (Å²) >= 11 is 0. The highest BCUT2D eigenvalue weighted by molar-refractivity contribution is 5.70. The lowest BCUT2D eigenvalue weighted by molar-refractivity contribution is -0.149. The second kappa shape index (κ2) is 3.69. The summed E-state index contributed by atoms with van der Waals surface area (Å²) in [5.74, 6) is -1.18. The monoisotopic (exact) mass is 160 g/mol. The SMILES string of the molecule is O=C(O)C1CCC(CO)OC1. The Morgan fingerprint density at radius 3 is 2.64 bits per heavy atom. The van der Waals surface area contributed by atoms with Crippen molar-refractivity contribution in [2.45, 2.75) is 18.9 Å². The van der Waals surface area contributed by atoms with Crippen LogP contribution in [0.5, 0.6) is 0 Å². The number of aliphatic hydroxyl groups is 1. The van der Waals surface area contributed by atoms with Gasteiger partial charge in [0.1, 0.15) is 0 Å². The van der Waals surface area contributed by atoms with E-state index in [1.807, 2.05) is 0 Å². The number of hydrogen-bond acceptors (Lipinski definition) is 3. The van der Waals surface area contributed by atoms with Crippen LogP contribution in [-0.4, -0.2) is 35.5 Å². The van der Waals surface area contributed by atoms with Gasteiger partial charge in [0.25, 0.3) is 0 Å². The number of rotatable bonds is 2. The van der Waals surface area contributed by atoms with E-state index in [4.69, 9.17) is 14.9 Å². The van der Waals surface area contributed by atoms with Crippen LogP contribution in [0.1, 0.15) is 12.8 Å². The molecule has 2 atom stereocenters. The van der Waals surface area contributed by atoms with E-state index in [-0.39, 0.29) is 25.2 Å². The molecule has 0 amide bonds. The van der Waals surface area contributed by atoms with E-state index < -0.39 is 5.97 Å². The van der Waals surface area contributed by atoms with Crippen LogP contribution in [0.4, 0.5) is 0 Å². The molecule has 1 fully saturated rings. The molecule has 0 aromatic rings. The van der Waals surface area contributed by atoms with Gasteiger partial charge in [-0.1, -0.05) is 0 Å². The van der Waals surface area contributed by atoms with Gasteiger partial charge in [0.15, 0.2) is 0 Å². The minimum atomic E-state index is -0.804. The van der Waals surface area contributed by atoms with Gasteiger partial charge in [-0.15, -0.1) is 0 Å². The lowest BCUT2D eigenvalue weighted by atomic mass is 9.99. The minimum Gasteiger partial charge on any atom is -0.481 e. The van der Waals surface area contributed by atoms with Gasteiger partial charge in [0.2, 0.25) is 0 Å². The average molecular weight is 160 g/mol. The Morgan fingerprint density at radius 2 is 2.27 bits per heavy atom. The number of aliphatic hydroxyl groups excluding tert-OH is 1. The summed E-state index contributed by atoms with van der Waals surface area (Å²) in [6, 6.07) is 0. The van der Waals surface area contributed by atoms with Crippen molar-refractivity contribution in [3.05, 3.63) is 0 Å². The smallest absolute Gasteiger partial charge is 0.308 e. The Hall–Kier alpha value is -0.610. The third kappa shape index (κ3) is 2.17. The molecule has 1 aliphatic heterocycles. The second-order valence-electron chi connectivity index (χ2n) is 2.75. The van der Waals surface area contributed by atoms with Gasteiger partial charge in [0.05, 0.1) is 25.2 Å². The van der Waals surface area contributed by atoms with Crippen molar-refractivity contribution in [1.82, 2.24) is 0 Å². The van der Waals surface area contributed by atoms with E-state index in [0.29, 0.717) is 12.8 Å². The number of carboxylic acids is 1. The summed E-state index contributed by atoms with van der Waals surface area (Å²) in [5.41, 5.74) is 0. The third-order valence-corrected chi connectivity index (χ3v) is 1.92. The number of ether oxygens (including phenoxy) is 1. The lowest BCUT2D eigenvalue weighted by Gasteiger charge is -2.24. The van der Waals surface area contributed by atoms with Crippen molar-refractivity contribution >= 4 is 5.97 Å². The van der Waals surface area contributed by atoms with Crippen molar-refractivity contribution in [1.29, 1.82) is 0 Å². The van der Waals surface area contributed by atoms with Crippen LogP contribution in [0.25, 0.3) is 0 Å². The van der Waals surface area contributed by atoms with E-state index in [1.54, 1.807) is 0 Å². The molecule has 2 N–H and O–H groups in total. The molecule has 0 bridgehead atoms. The van der Waals surface area contributed by atoms with Gasteiger partial charge in [-0.3, -0.25) is 4.79 Å². The third-order valence-electron chi connectivity index (χ3n) is 1.92. The zero-order chi connectivity index (χ0) is 8.27. The molecule has 4 heteroatoms. The summed E-state index contributed by atoms with van der Waals surface area (Å²) < 4.78 is 5.07. The van der Waals surface area contributed by atoms with Crippen LogP contribution in [0.3, 0.4) is 0 Å². The molecule has 1 rings (SSSR count). The van der Waals surface area contributed by atoms with Crippen LogP contribution in [0.15, 0.2) is 0 Å². The van der Waals surface area contributed by atoms with Crippen molar-refractivity contribution in [2.24, 2.45) is 5.92 Å². The molecule has 0 saturated carbocycles. The van der Waals surface area contributed by atoms with E-state index in [2.05, 4.69) is 0 Å². The molecular formula is C7H12O4. The van der Waals surface area contributed by atoms with Crippen LogP contribution in [-0.2, 0) is 9.53 Å². The summed E-state index contributed by atoms with van der Waals surface area (Å²) in [5, 5.41) is 17.2. The van der Waals surface area contributed by atoms with Gasteiger partial charge in [-0.25, -0.2) is 0 Å². The normalized spacial score (nSPS) is 31.7. The Balaban J connectivity index is 2.30. The highest BCUT2D eigenvalue weighted by atomic mass is 16.5. The van der Waals surface area contributed by atoms with Crippen molar-refractivity contribution in [3.63, 3.8) is 0 Å². The molecule has 2 unspecified atom stereocenters. The molecule has 1 saturated heterocycles. The molecular weight excluding hydrogens is 148 g/mol. The Kier molecular flexibility index (Phi) is 2.84. The largest absolute Gasteiger partial charge is 0.481 e. The molecule has 0 radical (unpaired) electrons. The highest BCUT2D eigenvalue weighted by Crippen LogP contribution is 2.18. The van der Waals surface area contributed by atoms with Crippen LogP contribution in [0, 0.1) is 5.92 Å². The summed E-state index contributed by atoms with van der Waals surface area (Å²) in [6.07, 6.45) is 1.11. The molecule has 0 aromatic heterocycles. The predicted molar refractivity (Wildman–Crippen MR) is 37.2 cm³/mol. The number of carboxylic acid groups (broad SMARTS) is 1. The van der Waals surface area contributed by atoms with Gasteiger partial charge < -0.3 is 14.9 Å². The predicted octanol–water partition coefficient (Wildman–Crippen LogP) is -0.142. The van der Waals surface area contributed by atoms with Crippen molar-refractivity contribution in [3.8, 4) is 0 Å². The van der Waals surface area contributed by atoms with E-state index in [0.717, 1.165) is 0 Å². The molecule has 1 heterocycles. The number of aliphatic carboxylic acids is 1. The molecule has 0 aliphatic carbocycles. The van der Waals surface area contributed by atoms with E-state index in [1.165, 1.54) is 0 Å². The molecule has 0 spiro atoms. The first-order valence-corrected chi connectivity index (χ1v) is 3.69. The summed E-state index contributed by atoms with van der Waals surface area (Å²) in [7, 11) is 0. The Labute approximate surface area is 64.8 Å². The first-order valence-electron chi connectivity index (χ1n) is 3.69. The topological polar surface area (TPSA) is 66.8 Å². The first kappa shape index (κ1) is 8.49. The van der Waals surface area contributed by atoms with Crippen LogP contribution >= 0.6 is 0 Å². The fraction of sp³-hybridized carbons (Fsp3) is 0.857. The molecule has 1 aliphatic rings. The molecule has 64 valence electrons. The number of hydrogen-bond donors (Lipinski definition) is 2. The average Bonchev–Trinajstić information content (AvgIpc) is 2.05. The zero-order valence-electron chi connectivity index (χ0n) is 6.19. The minimum absolute atomic E-state index is 0.00760. The fourth-order valence-corrected chi connectivity index (χ4v) is 1.14. The van der Waals surface area contributed by atoms with Gasteiger partial charge in [-0.2, -0.15) is 0 Å². The number of carbonyl (C=O) groups is 1. The zero-order valence-corrected chi connectivity index (χ0v) is 6.19. The van der Waals surface area contributed by atoms with Crippen LogP contribution < -0.4 is 0 Å². The quantitative estimate of drug-likeness (QED) is 0.590. The summed E-state index contributed by atoms with van der Waals surface area (Å²) in [4.78, 5) is 10.4. The fourth-order valence-electron chi connectivity index (χ4n) is 1.14. The van der Waals surface area contributed by atoms with Crippen LogP contribution in [0.2, 0.25) is 0 Å². The lowest BCUT2D eigenvalue weighted by Crippen LogP contribution is -2.32. The van der Waals surface area contributed by atoms with Gasteiger partial charge in [0, 0.05) is 0 Å². The molecule has 0 aromatic carbocycles. The Bertz CT molecular complexity index is 137. The van der Waals surface area contributed by atoms with Crippen molar-refractivity contribution < 1.29 is 19.7 Å². The first-order chi connectivity index (χ1) is 5.24. The van der Waals surface area contributed by atoms with Gasteiger partial charge in [-0.05, 0) is 12.8 Å². The maximum absolute atomic E-state index is 10.4. The van der Waals surface area contributed by atoms with E-state index in [9.17, 15) is 4.79 Å². The highest BCUT2D eigenvalue weighted by Gasteiger charge is 2.25. The standard InChI is InChI=1S/C7H12O4/c8-3-6-2-1-5(4-11-6)7(9)10/h5-6,8H,1-4H2,(H,9,10). The molecule has 11 heavy (non-hydrogen) atoms. The van der Waals surface area contributed by atoms with Crippen molar-refractivity contribution in [2.75, 3.05) is 13.2 Å². The Morgan fingerprint density at radius 1 is 1.55 bits per heavy atom. The van der Waals surface area contributed by atoms with E-state index >= 15 is 0 Å². The maximum Gasteiger partial charge on any atom is 0.308 e. The second-order valence-corrected chi connectivity index (χ2v) is 2.75. The molecule has 4 nitrogen and oxygen atoms in total. The maximum atomic E-state index is 10.4.